The fourth-order valence-electron chi connectivity index (χ4n) is 3.26. The van der Waals surface area contributed by atoms with Crippen LogP contribution in [0.15, 0.2) is 40.7 Å². The normalized spacial score (nSPS) is 17.0. The van der Waals surface area contributed by atoms with Crippen LogP contribution in [0.3, 0.4) is 0 Å². The molecule has 2 N–H and O–H groups in total. The van der Waals surface area contributed by atoms with Gasteiger partial charge in [-0.2, -0.15) is 0 Å². The molecule has 0 saturated carbocycles. The van der Waals surface area contributed by atoms with Gasteiger partial charge in [-0.15, -0.1) is 11.3 Å². The van der Waals surface area contributed by atoms with Crippen LogP contribution < -0.4 is 10.6 Å². The van der Waals surface area contributed by atoms with Gasteiger partial charge >= 0.3 is 0 Å². The first kappa shape index (κ1) is 20.3. The second-order valence-corrected chi connectivity index (χ2v) is 7.70. The van der Waals surface area contributed by atoms with Crippen LogP contribution in [-0.4, -0.2) is 54.0 Å². The first-order chi connectivity index (χ1) is 13.7. The van der Waals surface area contributed by atoms with Gasteiger partial charge < -0.3 is 15.5 Å². The van der Waals surface area contributed by atoms with Gasteiger partial charge in [-0.1, -0.05) is 37.3 Å². The number of guanidine groups is 1. The minimum atomic E-state index is 0.226. The predicted molar refractivity (Wildman–Crippen MR) is 116 cm³/mol. The molecule has 3 rings (SSSR count). The van der Waals surface area contributed by atoms with Crippen LogP contribution in [0.2, 0.25) is 0 Å². The zero-order valence-electron chi connectivity index (χ0n) is 16.6. The molecule has 7 heteroatoms. The van der Waals surface area contributed by atoms with Crippen molar-refractivity contribution in [1.29, 1.82) is 0 Å². The summed E-state index contributed by atoms with van der Waals surface area (Å²) in [4.78, 5) is 23.2. The molecule has 0 bridgehead atoms. The summed E-state index contributed by atoms with van der Waals surface area (Å²) in [5, 5.41) is 9.94. The number of hydrogen-bond acceptors (Lipinski definition) is 4. The SMILES string of the molecule is CCNC(=NCCc1csc(-c2ccccc2)n1)NC1CCN(C(=O)CC)C1. The molecule has 0 radical (unpaired) electrons. The monoisotopic (exact) mass is 399 g/mol. The third kappa shape index (κ3) is 5.55. The van der Waals surface area contributed by atoms with E-state index in [1.165, 1.54) is 0 Å². The Balaban J connectivity index is 1.52. The number of benzene rings is 1. The molecule has 6 nitrogen and oxygen atoms in total. The molecule has 1 aromatic carbocycles. The Bertz CT molecular complexity index is 789. The van der Waals surface area contributed by atoms with E-state index in [-0.39, 0.29) is 11.9 Å². The van der Waals surface area contributed by atoms with E-state index >= 15 is 0 Å². The minimum Gasteiger partial charge on any atom is -0.357 e. The Morgan fingerprint density at radius 3 is 2.89 bits per heavy atom. The highest BCUT2D eigenvalue weighted by atomic mass is 32.1. The molecule has 1 aromatic heterocycles. The van der Waals surface area contributed by atoms with E-state index in [4.69, 9.17) is 9.98 Å². The highest BCUT2D eigenvalue weighted by Crippen LogP contribution is 2.23. The Kier molecular flexibility index (Phi) is 7.42. The van der Waals surface area contributed by atoms with Crippen molar-refractivity contribution in [2.75, 3.05) is 26.2 Å². The largest absolute Gasteiger partial charge is 0.357 e. The molecule has 2 heterocycles. The maximum absolute atomic E-state index is 11.9. The van der Waals surface area contributed by atoms with Gasteiger partial charge in [0, 0.05) is 56.0 Å². The maximum atomic E-state index is 11.9. The Hall–Kier alpha value is -2.41. The molecule has 1 aliphatic rings. The molecule has 0 aliphatic carbocycles. The number of hydrogen-bond donors (Lipinski definition) is 2. The lowest BCUT2D eigenvalue weighted by molar-refractivity contribution is -0.129. The van der Waals surface area contributed by atoms with Crippen molar-refractivity contribution in [3.05, 3.63) is 41.4 Å². The topological polar surface area (TPSA) is 69.6 Å². The van der Waals surface area contributed by atoms with Gasteiger partial charge in [0.1, 0.15) is 5.01 Å². The molecule has 1 fully saturated rings. The predicted octanol–water partition coefficient (Wildman–Crippen LogP) is 2.92. The van der Waals surface area contributed by atoms with Crippen molar-refractivity contribution < 1.29 is 4.79 Å². The maximum Gasteiger partial charge on any atom is 0.222 e. The lowest BCUT2D eigenvalue weighted by Crippen LogP contribution is -2.45. The highest BCUT2D eigenvalue weighted by Gasteiger charge is 2.25. The quantitative estimate of drug-likeness (QED) is 0.555. The summed E-state index contributed by atoms with van der Waals surface area (Å²) in [6.07, 6.45) is 2.34. The van der Waals surface area contributed by atoms with Gasteiger partial charge in [0.05, 0.1) is 5.69 Å². The smallest absolute Gasteiger partial charge is 0.222 e. The molecule has 1 amide bonds. The van der Waals surface area contributed by atoms with E-state index in [9.17, 15) is 4.79 Å². The highest BCUT2D eigenvalue weighted by molar-refractivity contribution is 7.13. The van der Waals surface area contributed by atoms with Crippen molar-refractivity contribution in [3.63, 3.8) is 0 Å². The summed E-state index contributed by atoms with van der Waals surface area (Å²) in [6.45, 7) is 7.04. The van der Waals surface area contributed by atoms with Crippen molar-refractivity contribution in [1.82, 2.24) is 20.5 Å². The zero-order chi connectivity index (χ0) is 19.8. The number of carbonyl (C=O) groups excluding carboxylic acids is 1. The van der Waals surface area contributed by atoms with Crippen molar-refractivity contribution in [3.8, 4) is 10.6 Å². The molecule has 1 aliphatic heterocycles. The van der Waals surface area contributed by atoms with Gasteiger partial charge in [-0.05, 0) is 13.3 Å². The Morgan fingerprint density at radius 1 is 1.32 bits per heavy atom. The second kappa shape index (κ2) is 10.2. The van der Waals surface area contributed by atoms with Crippen LogP contribution in [0, 0.1) is 0 Å². The summed E-state index contributed by atoms with van der Waals surface area (Å²) in [5.74, 6) is 1.04. The molecular weight excluding hydrogens is 370 g/mol. The summed E-state index contributed by atoms with van der Waals surface area (Å²) in [5.41, 5.74) is 2.23. The van der Waals surface area contributed by atoms with Crippen LogP contribution in [0.25, 0.3) is 10.6 Å². The van der Waals surface area contributed by atoms with Crippen LogP contribution in [-0.2, 0) is 11.2 Å². The first-order valence-corrected chi connectivity index (χ1v) is 10.9. The van der Waals surface area contributed by atoms with Gasteiger partial charge in [-0.3, -0.25) is 9.79 Å². The van der Waals surface area contributed by atoms with E-state index in [2.05, 4.69) is 35.1 Å². The molecule has 2 aromatic rings. The third-order valence-electron chi connectivity index (χ3n) is 4.74. The minimum absolute atomic E-state index is 0.226. The number of rotatable bonds is 7. The van der Waals surface area contributed by atoms with Gasteiger partial charge in [-0.25, -0.2) is 4.98 Å². The van der Waals surface area contributed by atoms with Crippen LogP contribution in [0.1, 0.15) is 32.4 Å². The Morgan fingerprint density at radius 2 is 2.14 bits per heavy atom. The van der Waals surface area contributed by atoms with Gasteiger partial charge in [0.15, 0.2) is 5.96 Å². The first-order valence-electron chi connectivity index (χ1n) is 10.0. The summed E-state index contributed by atoms with van der Waals surface area (Å²) in [7, 11) is 0. The van der Waals surface area contributed by atoms with Crippen molar-refractivity contribution >= 4 is 23.2 Å². The number of thiazole rings is 1. The third-order valence-corrected chi connectivity index (χ3v) is 5.68. The van der Waals surface area contributed by atoms with E-state index in [1.54, 1.807) is 11.3 Å². The molecule has 28 heavy (non-hydrogen) atoms. The van der Waals surface area contributed by atoms with Crippen molar-refractivity contribution in [2.45, 2.75) is 39.2 Å². The van der Waals surface area contributed by atoms with E-state index in [0.717, 1.165) is 54.7 Å². The summed E-state index contributed by atoms with van der Waals surface area (Å²) < 4.78 is 0. The van der Waals surface area contributed by atoms with Gasteiger partial charge in [0.2, 0.25) is 5.91 Å². The standard InChI is InChI=1S/C21H29N5OS/c1-3-19(27)26-13-11-17(14-26)25-21(22-4-2)23-12-10-18-15-28-20(24-18)16-8-6-5-7-9-16/h5-9,15,17H,3-4,10-14H2,1-2H3,(H2,22,23,25). The molecule has 1 atom stereocenters. The van der Waals surface area contributed by atoms with Gasteiger partial charge in [0.25, 0.3) is 0 Å². The number of nitrogens with zero attached hydrogens (tertiary/aromatic N) is 3. The van der Waals surface area contributed by atoms with Crippen LogP contribution in [0.4, 0.5) is 0 Å². The number of aromatic nitrogens is 1. The lowest BCUT2D eigenvalue weighted by Gasteiger charge is -2.18. The number of likely N-dealkylation sites (tertiary alicyclic amines) is 1. The lowest BCUT2D eigenvalue weighted by atomic mass is 10.2. The fraction of sp³-hybridized carbons (Fsp3) is 0.476. The summed E-state index contributed by atoms with van der Waals surface area (Å²) >= 11 is 1.67. The molecule has 1 saturated heterocycles. The van der Waals surface area contributed by atoms with E-state index in [0.29, 0.717) is 13.0 Å². The number of carbonyl (C=O) groups is 1. The average molecular weight is 400 g/mol. The second-order valence-electron chi connectivity index (χ2n) is 6.84. The molecule has 1 unspecified atom stereocenters. The van der Waals surface area contributed by atoms with Crippen LogP contribution in [0.5, 0.6) is 0 Å². The Labute approximate surface area is 171 Å². The average Bonchev–Trinajstić information content (AvgIpc) is 3.38. The van der Waals surface area contributed by atoms with Crippen LogP contribution >= 0.6 is 11.3 Å². The van der Waals surface area contributed by atoms with E-state index in [1.807, 2.05) is 30.0 Å². The number of nitrogens with one attached hydrogen (secondary N) is 2. The van der Waals surface area contributed by atoms with E-state index < -0.39 is 0 Å². The summed E-state index contributed by atoms with van der Waals surface area (Å²) in [6, 6.07) is 10.5. The molecular formula is C21H29N5OS. The number of amides is 1. The zero-order valence-corrected chi connectivity index (χ0v) is 17.5. The number of aliphatic imine (C=N–C) groups is 1. The molecule has 0 spiro atoms. The molecule has 150 valence electrons. The fourth-order valence-corrected chi connectivity index (χ4v) is 4.12. The van der Waals surface area contributed by atoms with Crippen molar-refractivity contribution in [2.24, 2.45) is 4.99 Å².